The van der Waals surface area contributed by atoms with Gasteiger partial charge in [-0.25, -0.2) is 4.79 Å². The van der Waals surface area contributed by atoms with E-state index in [0.717, 1.165) is 17.5 Å². The molecule has 2 rings (SSSR count). The number of unbranched alkanes of at least 4 members (excludes halogenated alkanes) is 2. The van der Waals surface area contributed by atoms with Gasteiger partial charge in [-0.2, -0.15) is 0 Å². The number of terminal acetylenes is 1. The van der Waals surface area contributed by atoms with Crippen LogP contribution in [0.25, 0.3) is 0 Å². The maximum atomic E-state index is 12.3. The summed E-state index contributed by atoms with van der Waals surface area (Å²) in [6.45, 7) is 0.376. The van der Waals surface area contributed by atoms with Crippen LogP contribution < -0.4 is 0 Å². The third kappa shape index (κ3) is 3.63. The molecule has 21 heavy (non-hydrogen) atoms. The first kappa shape index (κ1) is 15.1. The summed E-state index contributed by atoms with van der Waals surface area (Å²) in [5.41, 5.74) is 2.05. The Morgan fingerprint density at radius 3 is 2.67 bits per heavy atom. The molecule has 1 heterocycles. The summed E-state index contributed by atoms with van der Waals surface area (Å²) in [7, 11) is 0. The highest BCUT2D eigenvalue weighted by Gasteiger charge is 2.33. The van der Waals surface area contributed by atoms with Crippen LogP contribution in [0, 0.1) is 12.3 Å². The van der Waals surface area contributed by atoms with E-state index in [1.807, 2.05) is 24.3 Å². The average Bonchev–Trinajstić information content (AvgIpc) is 2.50. The fourth-order valence-corrected chi connectivity index (χ4v) is 2.65. The molecule has 1 amide bonds. The predicted octanol–water partition coefficient (Wildman–Crippen LogP) is 2.22. The summed E-state index contributed by atoms with van der Waals surface area (Å²) < 4.78 is 0. The molecule has 1 aliphatic rings. The Labute approximate surface area is 124 Å². The summed E-state index contributed by atoms with van der Waals surface area (Å²) in [5.74, 6) is 1.50. The van der Waals surface area contributed by atoms with E-state index < -0.39 is 12.0 Å². The highest BCUT2D eigenvalue weighted by atomic mass is 16.4. The molecule has 1 unspecified atom stereocenters. The van der Waals surface area contributed by atoms with Crippen molar-refractivity contribution in [3.05, 3.63) is 35.4 Å². The molecular formula is C17H19NO3. The number of amides is 1. The Morgan fingerprint density at radius 1 is 1.29 bits per heavy atom. The summed E-state index contributed by atoms with van der Waals surface area (Å²) >= 11 is 0. The Bertz CT molecular complexity index is 574. The van der Waals surface area contributed by atoms with Crippen LogP contribution in [-0.2, 0) is 22.6 Å². The fraction of sp³-hybridized carbons (Fsp3) is 0.412. The Morgan fingerprint density at radius 2 is 2.00 bits per heavy atom. The molecule has 0 fully saturated rings. The zero-order chi connectivity index (χ0) is 15.2. The van der Waals surface area contributed by atoms with E-state index in [-0.39, 0.29) is 5.91 Å². The molecule has 0 saturated heterocycles. The van der Waals surface area contributed by atoms with Crippen molar-refractivity contribution in [3.8, 4) is 12.3 Å². The van der Waals surface area contributed by atoms with Crippen LogP contribution in [0.1, 0.15) is 36.8 Å². The van der Waals surface area contributed by atoms with Gasteiger partial charge in [0.25, 0.3) is 0 Å². The van der Waals surface area contributed by atoms with Crippen molar-refractivity contribution in [2.45, 2.75) is 44.7 Å². The third-order valence-electron chi connectivity index (χ3n) is 3.82. The van der Waals surface area contributed by atoms with E-state index in [4.69, 9.17) is 6.42 Å². The molecule has 1 N–H and O–H groups in total. The van der Waals surface area contributed by atoms with Crippen molar-refractivity contribution in [2.24, 2.45) is 0 Å². The maximum Gasteiger partial charge on any atom is 0.326 e. The Hall–Kier alpha value is -2.28. The summed E-state index contributed by atoms with van der Waals surface area (Å²) in [6.07, 6.45) is 8.06. The molecular weight excluding hydrogens is 266 g/mol. The monoisotopic (exact) mass is 285 g/mol. The number of carbonyl (C=O) groups excluding carboxylic acids is 1. The van der Waals surface area contributed by atoms with Crippen LogP contribution in [0.15, 0.2) is 24.3 Å². The first-order chi connectivity index (χ1) is 10.1. The standard InChI is InChI=1S/C17H19NO3/c1-2-3-4-5-10-16(19)18-12-14-9-7-6-8-13(14)11-15(18)17(20)21/h1,6-9,15H,3-5,10-12H2,(H,20,21). The number of aliphatic carboxylic acids is 1. The van der Waals surface area contributed by atoms with Crippen LogP contribution in [0.2, 0.25) is 0 Å². The molecule has 0 radical (unpaired) electrons. The normalized spacial score (nSPS) is 16.9. The van der Waals surface area contributed by atoms with Gasteiger partial charge < -0.3 is 10.0 Å². The molecule has 0 spiro atoms. The molecule has 1 aromatic carbocycles. The van der Waals surface area contributed by atoms with Gasteiger partial charge in [-0.15, -0.1) is 12.3 Å². The highest BCUT2D eigenvalue weighted by Crippen LogP contribution is 2.24. The second-order valence-electron chi connectivity index (χ2n) is 5.26. The Balaban J connectivity index is 2.08. The first-order valence-electron chi connectivity index (χ1n) is 7.16. The van der Waals surface area contributed by atoms with Gasteiger partial charge in [0.1, 0.15) is 6.04 Å². The van der Waals surface area contributed by atoms with E-state index >= 15 is 0 Å². The second-order valence-corrected chi connectivity index (χ2v) is 5.26. The SMILES string of the molecule is C#CCCCCC(=O)N1Cc2ccccc2CC1C(=O)O. The third-order valence-corrected chi connectivity index (χ3v) is 3.82. The molecule has 0 bridgehead atoms. The van der Waals surface area contributed by atoms with E-state index in [2.05, 4.69) is 5.92 Å². The number of nitrogens with zero attached hydrogens (tertiary/aromatic N) is 1. The first-order valence-corrected chi connectivity index (χ1v) is 7.16. The Kier molecular flexibility index (Phi) is 4.99. The maximum absolute atomic E-state index is 12.3. The van der Waals surface area contributed by atoms with Crippen molar-refractivity contribution >= 4 is 11.9 Å². The molecule has 0 saturated carbocycles. The molecule has 1 aromatic rings. The summed E-state index contributed by atoms with van der Waals surface area (Å²) in [5, 5.41) is 9.37. The van der Waals surface area contributed by atoms with E-state index in [1.54, 1.807) is 0 Å². The van der Waals surface area contributed by atoms with Gasteiger partial charge in [-0.3, -0.25) is 4.79 Å². The van der Waals surface area contributed by atoms with Crippen LogP contribution in [0.3, 0.4) is 0 Å². The second kappa shape index (κ2) is 6.94. The highest BCUT2D eigenvalue weighted by molar-refractivity contribution is 5.84. The van der Waals surface area contributed by atoms with Gasteiger partial charge in [0.15, 0.2) is 0 Å². The molecule has 1 atom stereocenters. The quantitative estimate of drug-likeness (QED) is 0.666. The largest absolute Gasteiger partial charge is 0.480 e. The molecule has 0 aliphatic carbocycles. The topological polar surface area (TPSA) is 57.6 Å². The number of benzene rings is 1. The fourth-order valence-electron chi connectivity index (χ4n) is 2.65. The van der Waals surface area contributed by atoms with Gasteiger partial charge in [-0.1, -0.05) is 24.3 Å². The summed E-state index contributed by atoms with van der Waals surface area (Å²) in [4.78, 5) is 25.2. The van der Waals surface area contributed by atoms with Crippen LogP contribution in [0.5, 0.6) is 0 Å². The molecule has 4 heteroatoms. The molecule has 1 aliphatic heterocycles. The number of hydrogen-bond donors (Lipinski definition) is 1. The van der Waals surface area contributed by atoms with Crippen molar-refractivity contribution in [1.29, 1.82) is 0 Å². The number of hydrogen-bond acceptors (Lipinski definition) is 2. The number of fused-ring (bicyclic) bond motifs is 1. The lowest BCUT2D eigenvalue weighted by molar-refractivity contribution is -0.151. The van der Waals surface area contributed by atoms with Gasteiger partial charge >= 0.3 is 5.97 Å². The van der Waals surface area contributed by atoms with Gasteiger partial charge in [0.05, 0.1) is 0 Å². The molecule has 0 aromatic heterocycles. The molecule has 110 valence electrons. The smallest absolute Gasteiger partial charge is 0.326 e. The summed E-state index contributed by atoms with van der Waals surface area (Å²) in [6, 6.07) is 6.93. The van der Waals surface area contributed by atoms with Crippen LogP contribution >= 0.6 is 0 Å². The van der Waals surface area contributed by atoms with Crippen molar-refractivity contribution in [1.82, 2.24) is 4.90 Å². The zero-order valence-electron chi connectivity index (χ0n) is 11.9. The van der Waals surface area contributed by atoms with Crippen molar-refractivity contribution in [3.63, 3.8) is 0 Å². The average molecular weight is 285 g/mol. The number of carboxylic acid groups (broad SMARTS) is 1. The van der Waals surface area contributed by atoms with Gasteiger partial charge in [0.2, 0.25) is 5.91 Å². The minimum Gasteiger partial charge on any atom is -0.480 e. The lowest BCUT2D eigenvalue weighted by Crippen LogP contribution is -2.48. The van der Waals surface area contributed by atoms with Gasteiger partial charge in [0, 0.05) is 25.8 Å². The van der Waals surface area contributed by atoms with Crippen LogP contribution in [-0.4, -0.2) is 27.9 Å². The molecule has 4 nitrogen and oxygen atoms in total. The number of rotatable bonds is 5. The number of carboxylic acids is 1. The van der Waals surface area contributed by atoms with Gasteiger partial charge in [-0.05, 0) is 24.0 Å². The zero-order valence-corrected chi connectivity index (χ0v) is 11.9. The predicted molar refractivity (Wildman–Crippen MR) is 79.4 cm³/mol. The van der Waals surface area contributed by atoms with Crippen molar-refractivity contribution < 1.29 is 14.7 Å². The lowest BCUT2D eigenvalue weighted by atomic mass is 9.93. The lowest BCUT2D eigenvalue weighted by Gasteiger charge is -2.34. The minimum absolute atomic E-state index is 0.103. The van der Waals surface area contributed by atoms with Crippen molar-refractivity contribution in [2.75, 3.05) is 0 Å². The van der Waals surface area contributed by atoms with E-state index in [0.29, 0.717) is 32.2 Å². The van der Waals surface area contributed by atoms with Crippen LogP contribution in [0.4, 0.5) is 0 Å². The number of carbonyl (C=O) groups is 2. The van der Waals surface area contributed by atoms with E-state index in [9.17, 15) is 14.7 Å². The van der Waals surface area contributed by atoms with E-state index in [1.165, 1.54) is 4.90 Å². The minimum atomic E-state index is -0.943.